The first-order chi connectivity index (χ1) is 6.42. The molecule has 2 atom stereocenters. The summed E-state index contributed by atoms with van der Waals surface area (Å²) in [6.07, 6.45) is 9.71. The third-order valence-corrected chi connectivity index (χ3v) is 3.22. The summed E-state index contributed by atoms with van der Waals surface area (Å²) < 4.78 is 5.10. The molecule has 2 heteroatoms. The number of ether oxygens (including phenoxy) is 1. The smallest absolute Gasteiger partial charge is 0.293 e. The van der Waals surface area contributed by atoms with Gasteiger partial charge in [-0.25, -0.2) is 0 Å². The normalized spacial score (nSPS) is 33.1. The van der Waals surface area contributed by atoms with E-state index in [0.29, 0.717) is 12.4 Å². The minimum absolute atomic E-state index is 0.108. The number of fused-ring (bicyclic) bond motifs is 1. The largest absolute Gasteiger partial charge is 0.460 e. The fraction of sp³-hybridized carbons (Fsp3) is 0.727. The van der Waals surface area contributed by atoms with Gasteiger partial charge in [-0.3, -0.25) is 4.79 Å². The van der Waals surface area contributed by atoms with Gasteiger partial charge in [-0.05, 0) is 50.0 Å². The molecule has 2 nitrogen and oxygen atoms in total. The zero-order valence-corrected chi connectivity index (χ0v) is 7.87. The second kappa shape index (κ2) is 3.95. The van der Waals surface area contributed by atoms with Crippen molar-refractivity contribution < 1.29 is 9.53 Å². The van der Waals surface area contributed by atoms with Crippen LogP contribution in [0.2, 0.25) is 0 Å². The molecular formula is C11H16O2. The van der Waals surface area contributed by atoms with E-state index in [4.69, 9.17) is 4.74 Å². The molecule has 72 valence electrons. The zero-order valence-electron chi connectivity index (χ0n) is 7.87. The minimum atomic E-state index is 0.108. The molecule has 0 bridgehead atoms. The molecule has 13 heavy (non-hydrogen) atoms. The average Bonchev–Trinajstić information content (AvgIpc) is 2.19. The molecule has 0 saturated heterocycles. The molecule has 0 spiro atoms. The van der Waals surface area contributed by atoms with Crippen LogP contribution in [0.25, 0.3) is 0 Å². The Balaban J connectivity index is 2.09. The lowest BCUT2D eigenvalue weighted by Crippen LogP contribution is -2.27. The van der Waals surface area contributed by atoms with Crippen molar-refractivity contribution in [2.45, 2.75) is 44.6 Å². The van der Waals surface area contributed by atoms with Crippen molar-refractivity contribution in [3.8, 4) is 0 Å². The van der Waals surface area contributed by atoms with Crippen molar-refractivity contribution in [2.75, 3.05) is 0 Å². The first-order valence-electron chi connectivity index (χ1n) is 5.21. The van der Waals surface area contributed by atoms with Gasteiger partial charge in [0, 0.05) is 0 Å². The highest BCUT2D eigenvalue weighted by Gasteiger charge is 2.29. The molecule has 1 saturated carbocycles. The predicted octanol–water partition coefficient (Wildman–Crippen LogP) is 2.44. The van der Waals surface area contributed by atoms with Gasteiger partial charge in [0.15, 0.2) is 0 Å². The third kappa shape index (κ3) is 1.77. The highest BCUT2D eigenvalue weighted by Crippen LogP contribution is 2.37. The Bertz CT molecular complexity index is 220. The van der Waals surface area contributed by atoms with E-state index in [2.05, 4.69) is 6.08 Å². The van der Waals surface area contributed by atoms with E-state index < -0.39 is 0 Å². The molecule has 2 unspecified atom stereocenters. The number of carbonyl (C=O) groups excluding carboxylic acids is 1. The third-order valence-electron chi connectivity index (χ3n) is 3.22. The van der Waals surface area contributed by atoms with Gasteiger partial charge in [-0.15, -0.1) is 0 Å². The lowest BCUT2D eigenvalue weighted by Gasteiger charge is -2.33. The number of rotatable bonds is 2. The van der Waals surface area contributed by atoms with Crippen molar-refractivity contribution in [1.29, 1.82) is 0 Å². The lowest BCUT2D eigenvalue weighted by molar-refractivity contribution is -0.133. The summed E-state index contributed by atoms with van der Waals surface area (Å²) in [7, 11) is 0. The summed E-state index contributed by atoms with van der Waals surface area (Å²) in [5, 5.41) is 0. The SMILES string of the molecule is O=COC1CCCC2CCCC=C21. The van der Waals surface area contributed by atoms with Gasteiger partial charge in [-0.1, -0.05) is 6.08 Å². The molecule has 2 aliphatic carbocycles. The second-order valence-corrected chi connectivity index (χ2v) is 3.98. The van der Waals surface area contributed by atoms with Crippen LogP contribution in [0, 0.1) is 5.92 Å². The van der Waals surface area contributed by atoms with Crippen molar-refractivity contribution >= 4 is 6.47 Å². The van der Waals surface area contributed by atoms with Gasteiger partial charge >= 0.3 is 0 Å². The van der Waals surface area contributed by atoms with Crippen LogP contribution in [0.3, 0.4) is 0 Å². The van der Waals surface area contributed by atoms with Crippen LogP contribution in [-0.4, -0.2) is 12.6 Å². The fourth-order valence-electron chi connectivity index (χ4n) is 2.60. The summed E-state index contributed by atoms with van der Waals surface area (Å²) >= 11 is 0. The highest BCUT2D eigenvalue weighted by atomic mass is 16.5. The van der Waals surface area contributed by atoms with E-state index in [9.17, 15) is 4.79 Å². The Morgan fingerprint density at radius 3 is 3.00 bits per heavy atom. The molecule has 0 aliphatic heterocycles. The Morgan fingerprint density at radius 2 is 2.15 bits per heavy atom. The standard InChI is InChI=1S/C11H16O2/c12-8-13-11-7-3-5-9-4-1-2-6-10(9)11/h6,8-9,11H,1-5,7H2. The monoisotopic (exact) mass is 180 g/mol. The Labute approximate surface area is 79.0 Å². The highest BCUT2D eigenvalue weighted by molar-refractivity contribution is 5.39. The van der Waals surface area contributed by atoms with Crippen molar-refractivity contribution in [2.24, 2.45) is 5.92 Å². The molecule has 0 amide bonds. The van der Waals surface area contributed by atoms with E-state index in [-0.39, 0.29) is 6.10 Å². The molecule has 0 aromatic rings. The average molecular weight is 180 g/mol. The molecular weight excluding hydrogens is 164 g/mol. The zero-order chi connectivity index (χ0) is 9.10. The second-order valence-electron chi connectivity index (χ2n) is 3.98. The fourth-order valence-corrected chi connectivity index (χ4v) is 2.60. The number of hydrogen-bond donors (Lipinski definition) is 0. The van der Waals surface area contributed by atoms with Crippen LogP contribution in [0.15, 0.2) is 11.6 Å². The predicted molar refractivity (Wildman–Crippen MR) is 50.2 cm³/mol. The first kappa shape index (κ1) is 8.79. The molecule has 0 N–H and O–H groups in total. The summed E-state index contributed by atoms with van der Waals surface area (Å²) in [5.41, 5.74) is 1.41. The molecule has 0 radical (unpaired) electrons. The van der Waals surface area contributed by atoms with Gasteiger partial charge < -0.3 is 4.74 Å². The number of carbonyl (C=O) groups is 1. The van der Waals surface area contributed by atoms with E-state index in [1.54, 1.807) is 0 Å². The molecule has 0 aromatic carbocycles. The lowest BCUT2D eigenvalue weighted by atomic mass is 9.76. The molecule has 0 aromatic heterocycles. The van der Waals surface area contributed by atoms with Gasteiger partial charge in [0.05, 0.1) is 0 Å². The van der Waals surface area contributed by atoms with Gasteiger partial charge in [0.25, 0.3) is 6.47 Å². The molecule has 2 aliphatic rings. The van der Waals surface area contributed by atoms with Crippen molar-refractivity contribution in [3.05, 3.63) is 11.6 Å². The van der Waals surface area contributed by atoms with Crippen molar-refractivity contribution in [1.82, 2.24) is 0 Å². The molecule has 1 fully saturated rings. The maximum atomic E-state index is 10.3. The number of allylic oxidation sites excluding steroid dienone is 1. The van der Waals surface area contributed by atoms with Crippen LogP contribution >= 0.6 is 0 Å². The van der Waals surface area contributed by atoms with E-state index in [0.717, 1.165) is 6.42 Å². The van der Waals surface area contributed by atoms with Gasteiger partial charge in [0.1, 0.15) is 6.10 Å². The summed E-state index contributed by atoms with van der Waals surface area (Å²) in [6, 6.07) is 0. The summed E-state index contributed by atoms with van der Waals surface area (Å²) in [5.74, 6) is 0.715. The maximum absolute atomic E-state index is 10.3. The molecule has 2 rings (SSSR count). The first-order valence-corrected chi connectivity index (χ1v) is 5.21. The quantitative estimate of drug-likeness (QED) is 0.482. The van der Waals surface area contributed by atoms with E-state index >= 15 is 0 Å². The van der Waals surface area contributed by atoms with Gasteiger partial charge in [0.2, 0.25) is 0 Å². The van der Waals surface area contributed by atoms with Crippen LogP contribution in [-0.2, 0) is 9.53 Å². The van der Waals surface area contributed by atoms with E-state index in [1.165, 1.54) is 37.7 Å². The van der Waals surface area contributed by atoms with Crippen LogP contribution in [0.4, 0.5) is 0 Å². The van der Waals surface area contributed by atoms with Crippen LogP contribution in [0.1, 0.15) is 38.5 Å². The number of hydrogen-bond acceptors (Lipinski definition) is 2. The summed E-state index contributed by atoms with van der Waals surface area (Å²) in [6.45, 7) is 0.600. The Morgan fingerprint density at radius 1 is 1.31 bits per heavy atom. The van der Waals surface area contributed by atoms with Crippen molar-refractivity contribution in [3.63, 3.8) is 0 Å². The van der Waals surface area contributed by atoms with Crippen LogP contribution < -0.4 is 0 Å². The van der Waals surface area contributed by atoms with E-state index in [1.807, 2.05) is 0 Å². The maximum Gasteiger partial charge on any atom is 0.293 e. The Kier molecular flexibility index (Phi) is 2.67. The minimum Gasteiger partial charge on any atom is -0.460 e. The topological polar surface area (TPSA) is 26.3 Å². The Hall–Kier alpha value is -0.790. The van der Waals surface area contributed by atoms with Gasteiger partial charge in [-0.2, -0.15) is 0 Å². The van der Waals surface area contributed by atoms with Crippen LogP contribution in [0.5, 0.6) is 0 Å². The summed E-state index contributed by atoms with van der Waals surface area (Å²) in [4.78, 5) is 10.3. The molecule has 0 heterocycles.